The molecule has 1 atom stereocenters. The zero-order valence-electron chi connectivity index (χ0n) is 16.2. The fourth-order valence-corrected chi connectivity index (χ4v) is 3.41. The van der Waals surface area contributed by atoms with Gasteiger partial charge in [0.05, 0.1) is 5.39 Å². The lowest BCUT2D eigenvalue weighted by molar-refractivity contribution is 0.0820. The zero-order chi connectivity index (χ0) is 20.4. The molecule has 0 aliphatic carbocycles. The molecule has 4 heteroatoms. The second-order valence-electron chi connectivity index (χ2n) is 6.97. The minimum atomic E-state index is -0.696. The molecule has 0 unspecified atom stereocenters. The van der Waals surface area contributed by atoms with Gasteiger partial charge in [-0.05, 0) is 37.1 Å². The summed E-state index contributed by atoms with van der Waals surface area (Å²) in [5.74, 6) is 0.401. The van der Waals surface area contributed by atoms with E-state index < -0.39 is 11.7 Å². The van der Waals surface area contributed by atoms with E-state index in [1.807, 2.05) is 61.5 Å². The smallest absolute Gasteiger partial charge is 0.336 e. The molecule has 0 amide bonds. The van der Waals surface area contributed by atoms with Gasteiger partial charge < -0.3 is 9.15 Å². The number of rotatable bonds is 5. The van der Waals surface area contributed by atoms with Crippen molar-refractivity contribution in [2.45, 2.75) is 20.0 Å². The number of aryl methyl sites for hydroxylation is 1. The predicted octanol–water partition coefficient (Wildman–Crippen LogP) is 5.42. The Balaban J connectivity index is 1.84. The summed E-state index contributed by atoms with van der Waals surface area (Å²) in [4.78, 5) is 24.9. The minimum Gasteiger partial charge on any atom is -0.482 e. The van der Waals surface area contributed by atoms with Crippen LogP contribution in [0, 0.1) is 6.92 Å². The first-order chi connectivity index (χ1) is 14.0. The first-order valence-corrected chi connectivity index (χ1v) is 9.43. The lowest BCUT2D eigenvalue weighted by Crippen LogP contribution is -2.24. The molecule has 144 valence electrons. The molecule has 0 saturated heterocycles. The first-order valence-electron chi connectivity index (χ1n) is 9.43. The normalized spacial score (nSPS) is 11.9. The Morgan fingerprint density at radius 3 is 2.28 bits per heavy atom. The van der Waals surface area contributed by atoms with Crippen molar-refractivity contribution in [1.29, 1.82) is 0 Å². The highest BCUT2D eigenvalue weighted by atomic mass is 16.5. The van der Waals surface area contributed by atoms with Crippen molar-refractivity contribution < 1.29 is 13.9 Å². The monoisotopic (exact) mass is 384 g/mol. The van der Waals surface area contributed by atoms with E-state index in [1.165, 1.54) is 6.07 Å². The van der Waals surface area contributed by atoms with Crippen molar-refractivity contribution >= 4 is 16.8 Å². The Bertz CT molecular complexity index is 1220. The number of hydrogen-bond acceptors (Lipinski definition) is 4. The molecule has 3 aromatic carbocycles. The van der Waals surface area contributed by atoms with Gasteiger partial charge in [-0.1, -0.05) is 60.7 Å². The van der Waals surface area contributed by atoms with Crippen molar-refractivity contribution in [3.63, 3.8) is 0 Å². The van der Waals surface area contributed by atoms with Gasteiger partial charge in [0.15, 0.2) is 6.10 Å². The average molecular weight is 384 g/mol. The molecule has 0 aliphatic heterocycles. The second kappa shape index (κ2) is 7.76. The van der Waals surface area contributed by atoms with Crippen LogP contribution in [-0.2, 0) is 0 Å². The summed E-state index contributed by atoms with van der Waals surface area (Å²) >= 11 is 0. The number of benzene rings is 3. The summed E-state index contributed by atoms with van der Waals surface area (Å²) in [5, 5.41) is 0.675. The van der Waals surface area contributed by atoms with Gasteiger partial charge in [-0.3, -0.25) is 4.79 Å². The third kappa shape index (κ3) is 3.83. The van der Waals surface area contributed by atoms with E-state index in [0.717, 1.165) is 11.1 Å². The van der Waals surface area contributed by atoms with Crippen molar-refractivity contribution in [2.75, 3.05) is 0 Å². The van der Waals surface area contributed by atoms with E-state index in [9.17, 15) is 9.59 Å². The molecule has 0 radical (unpaired) electrons. The highest BCUT2D eigenvalue weighted by Crippen LogP contribution is 2.36. The summed E-state index contributed by atoms with van der Waals surface area (Å²) < 4.78 is 11.6. The van der Waals surface area contributed by atoms with E-state index in [2.05, 4.69) is 0 Å². The van der Waals surface area contributed by atoms with Gasteiger partial charge in [-0.25, -0.2) is 4.79 Å². The van der Waals surface area contributed by atoms with Crippen LogP contribution < -0.4 is 10.4 Å². The van der Waals surface area contributed by atoms with Crippen molar-refractivity contribution in [1.82, 2.24) is 0 Å². The number of carbonyl (C=O) groups is 1. The molecule has 0 fully saturated rings. The van der Waals surface area contributed by atoms with E-state index in [-0.39, 0.29) is 5.78 Å². The van der Waals surface area contributed by atoms with Crippen molar-refractivity contribution in [3.8, 4) is 16.9 Å². The lowest BCUT2D eigenvalue weighted by Gasteiger charge is -2.17. The molecule has 0 aliphatic rings. The fraction of sp³-hybridized carbons (Fsp3) is 0.120. The predicted molar refractivity (Wildman–Crippen MR) is 114 cm³/mol. The maximum absolute atomic E-state index is 12.8. The third-order valence-corrected chi connectivity index (χ3v) is 4.77. The Labute approximate surface area is 168 Å². The van der Waals surface area contributed by atoms with Gasteiger partial charge in [0.1, 0.15) is 11.3 Å². The zero-order valence-corrected chi connectivity index (χ0v) is 16.2. The molecule has 4 nitrogen and oxygen atoms in total. The van der Waals surface area contributed by atoms with Gasteiger partial charge in [0.2, 0.25) is 5.78 Å². The fourth-order valence-electron chi connectivity index (χ4n) is 3.41. The van der Waals surface area contributed by atoms with Crippen LogP contribution in [0.1, 0.15) is 22.8 Å². The Hall–Kier alpha value is -3.66. The van der Waals surface area contributed by atoms with Gasteiger partial charge in [-0.15, -0.1) is 0 Å². The lowest BCUT2D eigenvalue weighted by atomic mass is 10.00. The minimum absolute atomic E-state index is 0.112. The molecular formula is C25H20O4. The topological polar surface area (TPSA) is 56.5 Å². The largest absolute Gasteiger partial charge is 0.482 e. The van der Waals surface area contributed by atoms with E-state index >= 15 is 0 Å². The SMILES string of the molecule is Cc1cc(O[C@@H](C)C(=O)c2ccccc2)c2c(-c3ccccc3)cc(=O)oc2c1. The number of ketones is 1. The van der Waals surface area contributed by atoms with Crippen LogP contribution in [0.5, 0.6) is 5.75 Å². The Morgan fingerprint density at radius 2 is 1.59 bits per heavy atom. The number of hydrogen-bond donors (Lipinski definition) is 0. The molecule has 4 aromatic rings. The van der Waals surface area contributed by atoms with Gasteiger partial charge in [0, 0.05) is 17.2 Å². The van der Waals surface area contributed by atoms with Gasteiger partial charge >= 0.3 is 5.63 Å². The van der Waals surface area contributed by atoms with Crippen LogP contribution in [0.4, 0.5) is 0 Å². The van der Waals surface area contributed by atoms with Gasteiger partial charge in [0.25, 0.3) is 0 Å². The maximum atomic E-state index is 12.8. The van der Waals surface area contributed by atoms with Crippen molar-refractivity contribution in [2.24, 2.45) is 0 Å². The molecule has 0 spiro atoms. The van der Waals surface area contributed by atoms with Crippen LogP contribution in [0.25, 0.3) is 22.1 Å². The molecule has 0 N–H and O–H groups in total. The standard InChI is InChI=1S/C25H20O4/c1-16-13-21(28-17(2)25(27)19-11-7-4-8-12-19)24-20(18-9-5-3-6-10-18)15-23(26)29-22(24)14-16/h3-15,17H,1-2H3/t17-/m0/s1. The average Bonchev–Trinajstić information content (AvgIpc) is 2.73. The third-order valence-electron chi connectivity index (χ3n) is 4.77. The summed E-state index contributed by atoms with van der Waals surface area (Å²) in [5.41, 5.74) is 3.06. The Morgan fingerprint density at radius 1 is 0.931 bits per heavy atom. The van der Waals surface area contributed by atoms with Crippen LogP contribution >= 0.6 is 0 Å². The maximum Gasteiger partial charge on any atom is 0.336 e. The molecule has 29 heavy (non-hydrogen) atoms. The van der Waals surface area contributed by atoms with E-state index in [4.69, 9.17) is 9.15 Å². The first kappa shape index (κ1) is 18.7. The van der Waals surface area contributed by atoms with Crippen molar-refractivity contribution in [3.05, 3.63) is 100 Å². The van der Waals surface area contributed by atoms with E-state index in [0.29, 0.717) is 27.8 Å². The van der Waals surface area contributed by atoms with Crippen LogP contribution in [0.3, 0.4) is 0 Å². The quantitative estimate of drug-likeness (QED) is 0.341. The molecule has 4 rings (SSSR count). The second-order valence-corrected chi connectivity index (χ2v) is 6.97. The van der Waals surface area contributed by atoms with Crippen LogP contribution in [-0.4, -0.2) is 11.9 Å². The van der Waals surface area contributed by atoms with Crippen LogP contribution in [0.15, 0.2) is 88.1 Å². The molecular weight excluding hydrogens is 364 g/mol. The number of carbonyl (C=O) groups excluding carboxylic acids is 1. The van der Waals surface area contributed by atoms with E-state index in [1.54, 1.807) is 25.1 Å². The highest BCUT2D eigenvalue weighted by Gasteiger charge is 2.20. The number of Topliss-reactive ketones (excluding diaryl/α,β-unsaturated/α-hetero) is 1. The molecule has 1 aromatic heterocycles. The Kier molecular flexibility index (Phi) is 5.00. The summed E-state index contributed by atoms with van der Waals surface area (Å²) in [7, 11) is 0. The molecule has 0 saturated carbocycles. The summed E-state index contributed by atoms with van der Waals surface area (Å²) in [6.45, 7) is 3.62. The number of ether oxygens (including phenoxy) is 1. The highest BCUT2D eigenvalue weighted by molar-refractivity contribution is 6.01. The van der Waals surface area contributed by atoms with Gasteiger partial charge in [-0.2, -0.15) is 0 Å². The molecule has 1 heterocycles. The summed E-state index contributed by atoms with van der Waals surface area (Å²) in [6, 6.07) is 23.8. The van der Waals surface area contributed by atoms with Crippen LogP contribution in [0.2, 0.25) is 0 Å². The number of fused-ring (bicyclic) bond motifs is 1. The molecule has 0 bridgehead atoms. The summed E-state index contributed by atoms with van der Waals surface area (Å²) in [6.07, 6.45) is -0.696.